The molecule has 1 heterocycles. The van der Waals surface area contributed by atoms with Gasteiger partial charge in [-0.25, -0.2) is 0 Å². The molecular formula is C21H23ClN2O2. The minimum absolute atomic E-state index is 0.0221. The second-order valence-corrected chi connectivity index (χ2v) is 7.36. The van der Waals surface area contributed by atoms with E-state index in [1.165, 1.54) is 11.1 Å². The average Bonchev–Trinajstić information content (AvgIpc) is 2.65. The zero-order chi connectivity index (χ0) is 18.7. The van der Waals surface area contributed by atoms with E-state index in [4.69, 9.17) is 11.6 Å². The Hall–Kier alpha value is -2.33. The van der Waals surface area contributed by atoms with Crippen molar-refractivity contribution in [1.29, 1.82) is 0 Å². The Labute approximate surface area is 159 Å². The molecule has 0 saturated carbocycles. The van der Waals surface area contributed by atoms with Crippen molar-refractivity contribution >= 4 is 23.4 Å². The van der Waals surface area contributed by atoms with Crippen LogP contribution in [0.1, 0.15) is 35.3 Å². The van der Waals surface area contributed by atoms with Crippen molar-refractivity contribution in [1.82, 2.24) is 10.2 Å². The summed E-state index contributed by atoms with van der Waals surface area (Å²) in [4.78, 5) is 27.5. The number of carbonyl (C=O) groups is 2. The summed E-state index contributed by atoms with van der Waals surface area (Å²) < 4.78 is 0. The largest absolute Gasteiger partial charge is 0.340 e. The van der Waals surface area contributed by atoms with Crippen molar-refractivity contribution in [2.24, 2.45) is 5.92 Å². The van der Waals surface area contributed by atoms with Crippen LogP contribution in [0.4, 0.5) is 0 Å². The van der Waals surface area contributed by atoms with Crippen LogP contribution in [-0.2, 0) is 17.8 Å². The van der Waals surface area contributed by atoms with Gasteiger partial charge in [-0.1, -0.05) is 61.8 Å². The maximum absolute atomic E-state index is 13.1. The molecule has 2 amide bonds. The summed E-state index contributed by atoms with van der Waals surface area (Å²) in [5.41, 5.74) is 2.85. The fraction of sp³-hybridized carbons (Fsp3) is 0.333. The lowest BCUT2D eigenvalue weighted by Crippen LogP contribution is -2.52. The number of fused-ring (bicyclic) bond motifs is 1. The Morgan fingerprint density at radius 2 is 1.69 bits per heavy atom. The fourth-order valence-corrected chi connectivity index (χ4v) is 3.48. The molecule has 0 bridgehead atoms. The molecule has 2 aromatic carbocycles. The summed E-state index contributed by atoms with van der Waals surface area (Å²) in [6, 6.07) is 14.5. The molecule has 0 saturated heterocycles. The van der Waals surface area contributed by atoms with Gasteiger partial charge in [0, 0.05) is 13.1 Å². The van der Waals surface area contributed by atoms with Gasteiger partial charge < -0.3 is 10.2 Å². The van der Waals surface area contributed by atoms with E-state index in [1.807, 2.05) is 30.9 Å². The Morgan fingerprint density at radius 1 is 1.04 bits per heavy atom. The maximum Gasteiger partial charge on any atom is 0.253 e. The van der Waals surface area contributed by atoms with Crippen LogP contribution in [0.3, 0.4) is 0 Å². The number of rotatable bonds is 4. The van der Waals surface area contributed by atoms with Crippen molar-refractivity contribution < 1.29 is 9.59 Å². The van der Waals surface area contributed by atoms with E-state index in [1.54, 1.807) is 24.3 Å². The van der Waals surface area contributed by atoms with E-state index < -0.39 is 6.04 Å². The number of hydrogen-bond donors (Lipinski definition) is 1. The van der Waals surface area contributed by atoms with E-state index >= 15 is 0 Å². The van der Waals surface area contributed by atoms with Crippen LogP contribution in [0.5, 0.6) is 0 Å². The summed E-state index contributed by atoms with van der Waals surface area (Å²) in [5.74, 6) is -0.388. The first-order valence-electron chi connectivity index (χ1n) is 8.88. The number of halogens is 1. The van der Waals surface area contributed by atoms with Crippen LogP contribution in [0, 0.1) is 5.92 Å². The van der Waals surface area contributed by atoms with E-state index in [2.05, 4.69) is 17.4 Å². The number of nitrogens with zero attached hydrogens (tertiary/aromatic N) is 1. The van der Waals surface area contributed by atoms with E-state index in [-0.39, 0.29) is 17.7 Å². The van der Waals surface area contributed by atoms with Crippen molar-refractivity contribution in [2.75, 3.05) is 6.54 Å². The second kappa shape index (κ2) is 7.92. The van der Waals surface area contributed by atoms with Gasteiger partial charge in [-0.05, 0) is 35.6 Å². The Balaban J connectivity index is 1.75. The molecule has 136 valence electrons. The number of benzene rings is 2. The zero-order valence-electron chi connectivity index (χ0n) is 15.0. The number of nitrogens with one attached hydrogen (secondary N) is 1. The first-order valence-corrected chi connectivity index (χ1v) is 9.26. The predicted octanol–water partition coefficient (Wildman–Crippen LogP) is 3.68. The van der Waals surface area contributed by atoms with Gasteiger partial charge in [0.1, 0.15) is 6.04 Å². The zero-order valence-corrected chi connectivity index (χ0v) is 15.8. The normalized spacial score (nSPS) is 14.7. The summed E-state index contributed by atoms with van der Waals surface area (Å²) in [6.07, 6.45) is 0.838. The lowest BCUT2D eigenvalue weighted by Gasteiger charge is -2.33. The first-order chi connectivity index (χ1) is 12.5. The molecule has 0 aromatic heterocycles. The Bertz CT molecular complexity index is 819. The first kappa shape index (κ1) is 18.5. The molecule has 0 spiro atoms. The van der Waals surface area contributed by atoms with Gasteiger partial charge in [0.15, 0.2) is 0 Å². The molecule has 1 atom stereocenters. The molecule has 3 rings (SSSR count). The van der Waals surface area contributed by atoms with Gasteiger partial charge >= 0.3 is 0 Å². The SMILES string of the molecule is CC(C)[C@H](NC(=O)c1ccccc1Cl)C(=O)N1CCc2ccccc2C1. The third-order valence-electron chi connectivity index (χ3n) is 4.78. The van der Waals surface area contributed by atoms with Crippen LogP contribution in [-0.4, -0.2) is 29.3 Å². The summed E-state index contributed by atoms with van der Waals surface area (Å²) in [5, 5.41) is 3.26. The van der Waals surface area contributed by atoms with Gasteiger partial charge in [0.25, 0.3) is 5.91 Å². The molecule has 1 N–H and O–H groups in total. The second-order valence-electron chi connectivity index (χ2n) is 6.95. The van der Waals surface area contributed by atoms with Crippen LogP contribution in [0.25, 0.3) is 0 Å². The number of carbonyl (C=O) groups excluding carboxylic acids is 2. The monoisotopic (exact) mass is 370 g/mol. The molecule has 4 nitrogen and oxygen atoms in total. The molecule has 0 radical (unpaired) electrons. The Kier molecular flexibility index (Phi) is 5.62. The summed E-state index contributed by atoms with van der Waals surface area (Å²) in [7, 11) is 0. The van der Waals surface area contributed by atoms with Crippen LogP contribution in [0.15, 0.2) is 48.5 Å². The lowest BCUT2D eigenvalue weighted by molar-refractivity contribution is -0.135. The highest BCUT2D eigenvalue weighted by atomic mass is 35.5. The minimum atomic E-state index is -0.580. The molecule has 5 heteroatoms. The van der Waals surface area contributed by atoms with E-state index in [0.29, 0.717) is 23.7 Å². The van der Waals surface area contributed by atoms with Crippen LogP contribution in [0.2, 0.25) is 5.02 Å². The number of amides is 2. The molecule has 1 aliphatic heterocycles. The van der Waals surface area contributed by atoms with E-state index in [0.717, 1.165) is 6.42 Å². The van der Waals surface area contributed by atoms with Crippen molar-refractivity contribution in [3.05, 3.63) is 70.2 Å². The highest BCUT2D eigenvalue weighted by Gasteiger charge is 2.31. The third kappa shape index (κ3) is 3.91. The third-order valence-corrected chi connectivity index (χ3v) is 5.11. The molecule has 1 aliphatic rings. The van der Waals surface area contributed by atoms with Crippen molar-refractivity contribution in [3.8, 4) is 0 Å². The highest BCUT2D eigenvalue weighted by molar-refractivity contribution is 6.33. The molecule has 0 aliphatic carbocycles. The van der Waals surface area contributed by atoms with Gasteiger partial charge in [-0.15, -0.1) is 0 Å². The van der Waals surface area contributed by atoms with Crippen molar-refractivity contribution in [3.63, 3.8) is 0 Å². The average molecular weight is 371 g/mol. The Morgan fingerprint density at radius 3 is 2.38 bits per heavy atom. The molecule has 0 fully saturated rings. The van der Waals surface area contributed by atoms with Crippen LogP contribution < -0.4 is 5.32 Å². The van der Waals surface area contributed by atoms with Crippen LogP contribution >= 0.6 is 11.6 Å². The van der Waals surface area contributed by atoms with E-state index in [9.17, 15) is 9.59 Å². The summed E-state index contributed by atoms with van der Waals surface area (Å²) >= 11 is 6.11. The minimum Gasteiger partial charge on any atom is -0.340 e. The smallest absolute Gasteiger partial charge is 0.253 e. The molecule has 2 aromatic rings. The summed E-state index contributed by atoms with van der Waals surface area (Å²) in [6.45, 7) is 5.13. The van der Waals surface area contributed by atoms with Gasteiger partial charge in [-0.3, -0.25) is 9.59 Å². The molecule has 0 unspecified atom stereocenters. The quantitative estimate of drug-likeness (QED) is 0.892. The van der Waals surface area contributed by atoms with Gasteiger partial charge in [-0.2, -0.15) is 0 Å². The fourth-order valence-electron chi connectivity index (χ4n) is 3.26. The molecule has 26 heavy (non-hydrogen) atoms. The highest BCUT2D eigenvalue weighted by Crippen LogP contribution is 2.21. The lowest BCUT2D eigenvalue weighted by atomic mass is 9.97. The van der Waals surface area contributed by atoms with Gasteiger partial charge in [0.2, 0.25) is 5.91 Å². The maximum atomic E-state index is 13.1. The van der Waals surface area contributed by atoms with Crippen molar-refractivity contribution in [2.45, 2.75) is 32.9 Å². The number of hydrogen-bond acceptors (Lipinski definition) is 2. The molecular weight excluding hydrogens is 348 g/mol. The van der Waals surface area contributed by atoms with Gasteiger partial charge in [0.05, 0.1) is 10.6 Å². The standard InChI is InChI=1S/C21H23ClN2O2/c1-14(2)19(23-20(25)17-9-5-6-10-18(17)22)21(26)24-12-11-15-7-3-4-8-16(15)13-24/h3-10,14,19H,11-13H2,1-2H3,(H,23,25)/t19-/m0/s1. The predicted molar refractivity (Wildman–Crippen MR) is 103 cm³/mol. The topological polar surface area (TPSA) is 49.4 Å².